The van der Waals surface area contributed by atoms with Crippen LogP contribution in [0.5, 0.6) is 0 Å². The lowest BCUT2D eigenvalue weighted by molar-refractivity contribution is -0.127. The number of urea groups is 1. The van der Waals surface area contributed by atoms with Gasteiger partial charge >= 0.3 is 12.0 Å². The Balaban J connectivity index is 2.80. The fraction of sp³-hybridized carbons (Fsp3) is 0.471. The summed E-state index contributed by atoms with van der Waals surface area (Å²) in [6, 6.07) is 4.56. The molecule has 0 spiro atoms. The summed E-state index contributed by atoms with van der Waals surface area (Å²) < 4.78 is 31.1. The number of sulfonamides is 1. The minimum Gasteiger partial charge on any atom is -0.449 e. The molecular formula is C17H25N3O6S. The quantitative estimate of drug-likeness (QED) is 0.632. The number of ether oxygens (including phenoxy) is 1. The maximum absolute atomic E-state index is 12.4. The molecule has 27 heavy (non-hydrogen) atoms. The van der Waals surface area contributed by atoms with Gasteiger partial charge in [-0.25, -0.2) is 18.0 Å². The van der Waals surface area contributed by atoms with Gasteiger partial charge in [0.2, 0.25) is 10.0 Å². The standard InChI is InChI=1S/C17H25N3O6S/c1-5-18-17(23)19-15(21)12(4)26-16(22)13-8-10-14(11-9-13)27(24,25)20(6-2)7-3/h8-12H,5-7H2,1-4H3,(H2,18,19,21,23). The highest BCUT2D eigenvalue weighted by Gasteiger charge is 2.23. The van der Waals surface area contributed by atoms with Gasteiger partial charge in [-0.15, -0.1) is 0 Å². The van der Waals surface area contributed by atoms with Crippen molar-refractivity contribution in [3.63, 3.8) is 0 Å². The molecule has 1 aromatic carbocycles. The number of esters is 1. The first-order valence-corrected chi connectivity index (χ1v) is 10.0. The van der Waals surface area contributed by atoms with E-state index in [4.69, 9.17) is 4.74 Å². The van der Waals surface area contributed by atoms with Crippen LogP contribution in [0.15, 0.2) is 29.2 Å². The Morgan fingerprint density at radius 3 is 2.11 bits per heavy atom. The van der Waals surface area contributed by atoms with Gasteiger partial charge in [-0.1, -0.05) is 13.8 Å². The van der Waals surface area contributed by atoms with Crippen LogP contribution in [-0.2, 0) is 19.6 Å². The van der Waals surface area contributed by atoms with E-state index < -0.39 is 34.0 Å². The van der Waals surface area contributed by atoms with Crippen LogP contribution in [0.4, 0.5) is 4.79 Å². The van der Waals surface area contributed by atoms with E-state index in [-0.39, 0.29) is 10.5 Å². The van der Waals surface area contributed by atoms with E-state index in [1.165, 1.54) is 35.5 Å². The van der Waals surface area contributed by atoms with Crippen molar-refractivity contribution in [2.75, 3.05) is 19.6 Å². The molecule has 0 aromatic heterocycles. The number of hydrogen-bond donors (Lipinski definition) is 2. The maximum Gasteiger partial charge on any atom is 0.338 e. The van der Waals surface area contributed by atoms with Crippen molar-refractivity contribution in [3.05, 3.63) is 29.8 Å². The van der Waals surface area contributed by atoms with Crippen LogP contribution < -0.4 is 10.6 Å². The van der Waals surface area contributed by atoms with Crippen LogP contribution in [-0.4, -0.2) is 56.4 Å². The molecule has 0 fully saturated rings. The van der Waals surface area contributed by atoms with Crippen LogP contribution in [0, 0.1) is 0 Å². The van der Waals surface area contributed by atoms with E-state index >= 15 is 0 Å². The molecule has 10 heteroatoms. The van der Waals surface area contributed by atoms with Gasteiger partial charge in [0, 0.05) is 19.6 Å². The Kier molecular flexibility index (Phi) is 8.38. The van der Waals surface area contributed by atoms with Crippen molar-refractivity contribution in [1.29, 1.82) is 0 Å². The summed E-state index contributed by atoms with van der Waals surface area (Å²) in [6.07, 6.45) is -1.20. The predicted octanol–water partition coefficient (Wildman–Crippen LogP) is 1.11. The smallest absolute Gasteiger partial charge is 0.338 e. The number of carbonyl (C=O) groups excluding carboxylic acids is 3. The lowest BCUT2D eigenvalue weighted by Crippen LogP contribution is -2.44. The highest BCUT2D eigenvalue weighted by Crippen LogP contribution is 2.17. The topological polar surface area (TPSA) is 122 Å². The molecule has 0 bridgehead atoms. The summed E-state index contributed by atoms with van der Waals surface area (Å²) in [5, 5.41) is 4.42. The molecule has 1 rings (SSSR count). The molecular weight excluding hydrogens is 374 g/mol. The molecule has 0 aliphatic rings. The van der Waals surface area contributed by atoms with Crippen LogP contribution in [0.2, 0.25) is 0 Å². The molecule has 0 aliphatic heterocycles. The molecule has 0 radical (unpaired) electrons. The zero-order valence-electron chi connectivity index (χ0n) is 15.8. The third-order valence-electron chi connectivity index (χ3n) is 3.66. The average Bonchev–Trinajstić information content (AvgIpc) is 2.62. The molecule has 0 heterocycles. The zero-order chi connectivity index (χ0) is 20.6. The predicted molar refractivity (Wildman–Crippen MR) is 98.6 cm³/mol. The highest BCUT2D eigenvalue weighted by molar-refractivity contribution is 7.89. The van der Waals surface area contributed by atoms with Crippen LogP contribution in [0.3, 0.4) is 0 Å². The molecule has 1 aromatic rings. The number of nitrogens with zero attached hydrogens (tertiary/aromatic N) is 1. The fourth-order valence-corrected chi connectivity index (χ4v) is 3.63. The summed E-state index contributed by atoms with van der Waals surface area (Å²) in [5.41, 5.74) is 0.0890. The van der Waals surface area contributed by atoms with E-state index in [2.05, 4.69) is 5.32 Å². The molecule has 1 atom stereocenters. The second kappa shape index (κ2) is 10.0. The summed E-state index contributed by atoms with van der Waals surface area (Å²) in [5.74, 6) is -1.57. The molecule has 0 aliphatic carbocycles. The molecule has 9 nitrogen and oxygen atoms in total. The van der Waals surface area contributed by atoms with Crippen molar-refractivity contribution < 1.29 is 27.5 Å². The van der Waals surface area contributed by atoms with Gasteiger partial charge in [-0.2, -0.15) is 4.31 Å². The lowest BCUT2D eigenvalue weighted by Gasteiger charge is -2.18. The Morgan fingerprint density at radius 1 is 1.07 bits per heavy atom. The zero-order valence-corrected chi connectivity index (χ0v) is 16.6. The van der Waals surface area contributed by atoms with Crippen LogP contribution in [0.1, 0.15) is 38.1 Å². The second-order valence-corrected chi connectivity index (χ2v) is 7.45. The largest absolute Gasteiger partial charge is 0.449 e. The Labute approximate surface area is 159 Å². The fourth-order valence-electron chi connectivity index (χ4n) is 2.18. The van der Waals surface area contributed by atoms with Gasteiger partial charge in [-0.05, 0) is 38.1 Å². The Bertz CT molecular complexity index is 772. The van der Waals surface area contributed by atoms with E-state index in [0.717, 1.165) is 0 Å². The van der Waals surface area contributed by atoms with Gasteiger partial charge < -0.3 is 10.1 Å². The minimum absolute atomic E-state index is 0.0600. The van der Waals surface area contributed by atoms with E-state index in [0.29, 0.717) is 19.6 Å². The van der Waals surface area contributed by atoms with E-state index in [1.807, 2.05) is 5.32 Å². The first-order chi connectivity index (χ1) is 12.7. The summed E-state index contributed by atoms with van der Waals surface area (Å²) >= 11 is 0. The molecule has 0 saturated carbocycles. The highest BCUT2D eigenvalue weighted by atomic mass is 32.2. The summed E-state index contributed by atoms with van der Waals surface area (Å²) in [6.45, 7) is 7.50. The Morgan fingerprint density at radius 2 is 1.63 bits per heavy atom. The minimum atomic E-state index is -3.63. The van der Waals surface area contributed by atoms with Gasteiger partial charge in [0.25, 0.3) is 5.91 Å². The first-order valence-electron chi connectivity index (χ1n) is 8.57. The van der Waals surface area contributed by atoms with E-state index in [1.54, 1.807) is 20.8 Å². The molecule has 3 amide bonds. The summed E-state index contributed by atoms with van der Waals surface area (Å²) in [7, 11) is -3.63. The second-order valence-electron chi connectivity index (χ2n) is 5.51. The van der Waals surface area contributed by atoms with Gasteiger partial charge in [0.05, 0.1) is 10.5 Å². The Hall–Kier alpha value is -2.46. The number of rotatable bonds is 8. The van der Waals surface area contributed by atoms with Gasteiger partial charge in [0.15, 0.2) is 6.10 Å². The first kappa shape index (κ1) is 22.6. The number of amides is 3. The number of carbonyl (C=O) groups is 3. The molecule has 150 valence electrons. The SMILES string of the molecule is CCNC(=O)NC(=O)C(C)OC(=O)c1ccc(S(=O)(=O)N(CC)CC)cc1. The number of nitrogens with one attached hydrogen (secondary N) is 2. The normalized spacial score (nSPS) is 12.3. The molecule has 1 unspecified atom stereocenters. The van der Waals surface area contributed by atoms with Crippen molar-refractivity contribution in [2.24, 2.45) is 0 Å². The number of imide groups is 1. The van der Waals surface area contributed by atoms with Crippen molar-refractivity contribution >= 4 is 27.9 Å². The number of hydrogen-bond acceptors (Lipinski definition) is 6. The van der Waals surface area contributed by atoms with Crippen molar-refractivity contribution in [3.8, 4) is 0 Å². The maximum atomic E-state index is 12.4. The van der Waals surface area contributed by atoms with Crippen LogP contribution >= 0.6 is 0 Å². The van der Waals surface area contributed by atoms with Crippen LogP contribution in [0.25, 0.3) is 0 Å². The van der Waals surface area contributed by atoms with Crippen molar-refractivity contribution in [1.82, 2.24) is 14.9 Å². The van der Waals surface area contributed by atoms with Crippen molar-refractivity contribution in [2.45, 2.75) is 38.7 Å². The number of benzene rings is 1. The van der Waals surface area contributed by atoms with E-state index in [9.17, 15) is 22.8 Å². The average molecular weight is 399 g/mol. The monoisotopic (exact) mass is 399 g/mol. The van der Waals surface area contributed by atoms with Gasteiger partial charge in [0.1, 0.15) is 0 Å². The lowest BCUT2D eigenvalue weighted by atomic mass is 10.2. The third kappa shape index (κ3) is 6.04. The van der Waals surface area contributed by atoms with Gasteiger partial charge in [-0.3, -0.25) is 10.1 Å². The molecule has 2 N–H and O–H groups in total. The summed E-state index contributed by atoms with van der Waals surface area (Å²) in [4.78, 5) is 35.3. The molecule has 0 saturated heterocycles. The third-order valence-corrected chi connectivity index (χ3v) is 5.72.